The van der Waals surface area contributed by atoms with Crippen LogP contribution in [0.4, 0.5) is 0 Å². The molecule has 102 valence electrons. The number of rotatable bonds is 6. The molecular formula is C14H19N3OS. The molecule has 1 atom stereocenters. The van der Waals surface area contributed by atoms with Gasteiger partial charge < -0.3 is 10.1 Å². The molecule has 0 aliphatic carbocycles. The monoisotopic (exact) mass is 277 g/mol. The Bertz CT molecular complexity index is 482. The number of hydrogen-bond donors (Lipinski definition) is 1. The van der Waals surface area contributed by atoms with Crippen LogP contribution in [0.25, 0.3) is 0 Å². The van der Waals surface area contributed by atoms with Crippen molar-refractivity contribution in [1.29, 1.82) is 0 Å². The van der Waals surface area contributed by atoms with E-state index in [2.05, 4.69) is 40.0 Å². The SMILES string of the molecule is COc1ccc([C@@H](NCc2cnsn2)C(C)C)cc1. The van der Waals surface area contributed by atoms with E-state index < -0.39 is 0 Å². The number of hydrogen-bond acceptors (Lipinski definition) is 5. The van der Waals surface area contributed by atoms with Gasteiger partial charge in [-0.15, -0.1) is 0 Å². The molecule has 0 bridgehead atoms. The third-order valence-electron chi connectivity index (χ3n) is 3.05. The maximum atomic E-state index is 5.19. The Morgan fingerprint density at radius 1 is 1.26 bits per heavy atom. The standard InChI is InChI=1S/C14H19N3OS/c1-10(2)14(15-8-12-9-16-19-17-12)11-4-6-13(18-3)7-5-11/h4-7,9-10,14-15H,8H2,1-3H3/t14-/m0/s1. The van der Waals surface area contributed by atoms with Crippen LogP contribution in [0, 0.1) is 5.92 Å². The third-order valence-corrected chi connectivity index (χ3v) is 3.57. The Hall–Kier alpha value is -1.46. The number of aromatic nitrogens is 2. The average Bonchev–Trinajstić information content (AvgIpc) is 2.92. The first kappa shape index (κ1) is 14.0. The molecule has 4 nitrogen and oxygen atoms in total. The third kappa shape index (κ3) is 3.75. The second kappa shape index (κ2) is 6.63. The normalized spacial score (nSPS) is 12.6. The van der Waals surface area contributed by atoms with E-state index in [0.29, 0.717) is 12.0 Å². The van der Waals surface area contributed by atoms with Crippen LogP contribution in [0.15, 0.2) is 30.5 Å². The first-order valence-corrected chi connectivity index (χ1v) is 7.07. The summed E-state index contributed by atoms with van der Waals surface area (Å²) in [6, 6.07) is 8.51. The number of methoxy groups -OCH3 is 1. The smallest absolute Gasteiger partial charge is 0.118 e. The van der Waals surface area contributed by atoms with Crippen LogP contribution in [0.2, 0.25) is 0 Å². The second-order valence-electron chi connectivity index (χ2n) is 4.77. The Morgan fingerprint density at radius 3 is 2.53 bits per heavy atom. The molecule has 0 fully saturated rings. The minimum Gasteiger partial charge on any atom is -0.497 e. The number of benzene rings is 1. The lowest BCUT2D eigenvalue weighted by Gasteiger charge is -2.22. The molecule has 2 rings (SSSR count). The molecule has 0 aliphatic rings. The van der Waals surface area contributed by atoms with Gasteiger partial charge in [0.25, 0.3) is 0 Å². The summed E-state index contributed by atoms with van der Waals surface area (Å²) in [5.74, 6) is 1.38. The van der Waals surface area contributed by atoms with E-state index in [-0.39, 0.29) is 0 Å². The highest BCUT2D eigenvalue weighted by atomic mass is 32.1. The summed E-state index contributed by atoms with van der Waals surface area (Å²) in [5.41, 5.74) is 2.25. The van der Waals surface area contributed by atoms with E-state index in [0.717, 1.165) is 18.0 Å². The summed E-state index contributed by atoms with van der Waals surface area (Å²) in [6.45, 7) is 5.16. The van der Waals surface area contributed by atoms with Gasteiger partial charge in [0.1, 0.15) is 5.75 Å². The van der Waals surface area contributed by atoms with E-state index in [4.69, 9.17) is 4.74 Å². The van der Waals surface area contributed by atoms with Gasteiger partial charge in [0.2, 0.25) is 0 Å². The summed E-state index contributed by atoms with van der Waals surface area (Å²) < 4.78 is 13.4. The molecular weight excluding hydrogens is 258 g/mol. The lowest BCUT2D eigenvalue weighted by molar-refractivity contribution is 0.403. The van der Waals surface area contributed by atoms with Crippen molar-refractivity contribution in [2.75, 3.05) is 7.11 Å². The van der Waals surface area contributed by atoms with Crippen LogP contribution >= 0.6 is 11.7 Å². The van der Waals surface area contributed by atoms with Crippen molar-refractivity contribution < 1.29 is 4.74 Å². The highest BCUT2D eigenvalue weighted by Crippen LogP contribution is 2.24. The number of ether oxygens (including phenoxy) is 1. The topological polar surface area (TPSA) is 47.0 Å². The van der Waals surface area contributed by atoms with Crippen LogP contribution in [-0.2, 0) is 6.54 Å². The molecule has 0 saturated carbocycles. The lowest BCUT2D eigenvalue weighted by Crippen LogP contribution is -2.25. The van der Waals surface area contributed by atoms with Gasteiger partial charge in [0.15, 0.2) is 0 Å². The van der Waals surface area contributed by atoms with Gasteiger partial charge in [0.05, 0.1) is 30.7 Å². The Labute approximate surface area is 118 Å². The first-order chi connectivity index (χ1) is 9.20. The Kier molecular flexibility index (Phi) is 4.87. The number of nitrogens with zero attached hydrogens (tertiary/aromatic N) is 2. The zero-order valence-electron chi connectivity index (χ0n) is 11.5. The molecule has 1 aromatic heterocycles. The van der Waals surface area contributed by atoms with Crippen molar-refractivity contribution in [3.63, 3.8) is 0 Å². The summed E-state index contributed by atoms with van der Waals surface area (Å²) in [4.78, 5) is 0. The van der Waals surface area contributed by atoms with Crippen molar-refractivity contribution >= 4 is 11.7 Å². The molecule has 1 heterocycles. The van der Waals surface area contributed by atoms with Gasteiger partial charge >= 0.3 is 0 Å². The molecule has 19 heavy (non-hydrogen) atoms. The quantitative estimate of drug-likeness (QED) is 0.881. The van der Waals surface area contributed by atoms with Crippen molar-refractivity contribution in [2.45, 2.75) is 26.4 Å². The fourth-order valence-corrected chi connectivity index (χ4v) is 2.46. The van der Waals surface area contributed by atoms with Gasteiger partial charge in [-0.1, -0.05) is 26.0 Å². The summed E-state index contributed by atoms with van der Waals surface area (Å²) >= 11 is 1.24. The lowest BCUT2D eigenvalue weighted by atomic mass is 9.96. The molecule has 0 radical (unpaired) electrons. The van der Waals surface area contributed by atoms with Crippen LogP contribution in [0.1, 0.15) is 31.1 Å². The highest BCUT2D eigenvalue weighted by molar-refractivity contribution is 6.99. The van der Waals surface area contributed by atoms with Crippen molar-refractivity contribution in [3.05, 3.63) is 41.7 Å². The largest absolute Gasteiger partial charge is 0.497 e. The maximum absolute atomic E-state index is 5.19. The molecule has 0 spiro atoms. The summed E-state index contributed by atoms with van der Waals surface area (Å²) in [6.07, 6.45) is 1.81. The minimum atomic E-state index is 0.299. The van der Waals surface area contributed by atoms with Crippen LogP contribution < -0.4 is 10.1 Å². The van der Waals surface area contributed by atoms with Crippen molar-refractivity contribution in [2.24, 2.45) is 5.92 Å². The minimum absolute atomic E-state index is 0.299. The predicted octanol–water partition coefficient (Wildman–Crippen LogP) is 3.03. The molecule has 0 aliphatic heterocycles. The first-order valence-electron chi connectivity index (χ1n) is 6.34. The van der Waals surface area contributed by atoms with Gasteiger partial charge in [0, 0.05) is 12.6 Å². The van der Waals surface area contributed by atoms with Gasteiger partial charge in [-0.2, -0.15) is 8.75 Å². The van der Waals surface area contributed by atoms with E-state index in [1.54, 1.807) is 7.11 Å². The maximum Gasteiger partial charge on any atom is 0.118 e. The fraction of sp³-hybridized carbons (Fsp3) is 0.429. The fourth-order valence-electron chi connectivity index (χ4n) is 2.03. The molecule has 1 aromatic carbocycles. The van der Waals surface area contributed by atoms with Crippen LogP contribution in [0.5, 0.6) is 5.75 Å². The van der Waals surface area contributed by atoms with Crippen molar-refractivity contribution in [3.8, 4) is 5.75 Å². The Balaban J connectivity index is 2.06. The van der Waals surface area contributed by atoms with E-state index >= 15 is 0 Å². The molecule has 2 aromatic rings. The van der Waals surface area contributed by atoms with Gasteiger partial charge in [-0.05, 0) is 23.6 Å². The van der Waals surface area contributed by atoms with Crippen molar-refractivity contribution in [1.82, 2.24) is 14.1 Å². The average molecular weight is 277 g/mol. The summed E-state index contributed by atoms with van der Waals surface area (Å²) in [5, 5.41) is 3.54. The molecule has 0 amide bonds. The van der Waals surface area contributed by atoms with E-state index in [1.165, 1.54) is 17.3 Å². The zero-order valence-corrected chi connectivity index (χ0v) is 12.3. The van der Waals surface area contributed by atoms with E-state index in [1.807, 2.05) is 18.3 Å². The number of nitrogens with one attached hydrogen (secondary N) is 1. The zero-order chi connectivity index (χ0) is 13.7. The molecule has 5 heteroatoms. The van der Waals surface area contributed by atoms with E-state index in [9.17, 15) is 0 Å². The van der Waals surface area contributed by atoms with Crippen LogP contribution in [0.3, 0.4) is 0 Å². The predicted molar refractivity (Wildman–Crippen MR) is 77.3 cm³/mol. The second-order valence-corrected chi connectivity index (χ2v) is 5.33. The van der Waals surface area contributed by atoms with Gasteiger partial charge in [-0.25, -0.2) is 0 Å². The Morgan fingerprint density at radius 2 is 2.00 bits per heavy atom. The summed E-state index contributed by atoms with van der Waals surface area (Å²) in [7, 11) is 1.68. The molecule has 1 N–H and O–H groups in total. The molecule has 0 unspecified atom stereocenters. The van der Waals surface area contributed by atoms with Gasteiger partial charge in [-0.3, -0.25) is 0 Å². The molecule has 0 saturated heterocycles. The van der Waals surface area contributed by atoms with Crippen LogP contribution in [-0.4, -0.2) is 15.9 Å². The highest BCUT2D eigenvalue weighted by Gasteiger charge is 2.15.